The molecule has 6 heteroatoms. The van der Waals surface area contributed by atoms with E-state index in [1.165, 1.54) is 21.7 Å². The second-order valence-electron chi connectivity index (χ2n) is 7.83. The summed E-state index contributed by atoms with van der Waals surface area (Å²) >= 11 is 1.81. The van der Waals surface area contributed by atoms with E-state index in [1.54, 1.807) is 11.3 Å². The number of aromatic nitrogens is 2. The number of pyridine rings is 1. The lowest BCUT2D eigenvalue weighted by atomic mass is 10.0. The van der Waals surface area contributed by atoms with Gasteiger partial charge in [0.05, 0.1) is 17.7 Å². The molecule has 3 aromatic heterocycles. The fourth-order valence-electron chi connectivity index (χ4n) is 4.54. The Hall–Kier alpha value is -2.96. The molecule has 1 aliphatic heterocycles. The molecular weight excluding hydrogens is 406 g/mol. The Labute approximate surface area is 185 Å². The first-order valence-electron chi connectivity index (χ1n) is 10.7. The normalized spacial score (nSPS) is 14.0. The molecule has 0 saturated carbocycles. The van der Waals surface area contributed by atoms with E-state index in [0.29, 0.717) is 12.2 Å². The highest BCUT2D eigenvalue weighted by Gasteiger charge is 2.27. The maximum atomic E-state index is 12.8. The van der Waals surface area contributed by atoms with Gasteiger partial charge in [-0.1, -0.05) is 18.2 Å². The van der Waals surface area contributed by atoms with Gasteiger partial charge in [0.25, 0.3) is 0 Å². The molecule has 0 N–H and O–H groups in total. The van der Waals surface area contributed by atoms with Crippen LogP contribution in [0.1, 0.15) is 39.0 Å². The Morgan fingerprint density at radius 3 is 2.77 bits per heavy atom. The molecule has 1 aliphatic rings. The Balaban J connectivity index is 1.61. The monoisotopic (exact) mass is 431 g/mol. The van der Waals surface area contributed by atoms with Crippen LogP contribution in [0.4, 0.5) is 0 Å². The highest BCUT2D eigenvalue weighted by molar-refractivity contribution is 7.09. The molecule has 0 aliphatic carbocycles. The van der Waals surface area contributed by atoms with Gasteiger partial charge < -0.3 is 9.30 Å². The maximum absolute atomic E-state index is 12.8. The average molecular weight is 432 g/mol. The zero-order chi connectivity index (χ0) is 21.2. The van der Waals surface area contributed by atoms with Gasteiger partial charge in [-0.15, -0.1) is 11.3 Å². The Bertz CT molecular complexity index is 1200. The van der Waals surface area contributed by atoms with E-state index in [1.807, 2.05) is 43.6 Å². The van der Waals surface area contributed by atoms with Crippen molar-refractivity contribution in [2.24, 2.45) is 0 Å². The van der Waals surface area contributed by atoms with Crippen LogP contribution in [-0.4, -0.2) is 33.6 Å². The fraction of sp³-hybridized carbons (Fsp3) is 0.280. The Kier molecular flexibility index (Phi) is 5.57. The van der Waals surface area contributed by atoms with Crippen LogP contribution in [0.15, 0.2) is 60.2 Å². The third kappa shape index (κ3) is 3.89. The van der Waals surface area contributed by atoms with Gasteiger partial charge in [-0.2, -0.15) is 0 Å². The smallest absolute Gasteiger partial charge is 0.340 e. The topological polar surface area (TPSA) is 47.4 Å². The van der Waals surface area contributed by atoms with E-state index in [2.05, 4.69) is 38.0 Å². The fourth-order valence-corrected chi connectivity index (χ4v) is 5.28. The van der Waals surface area contributed by atoms with Crippen LogP contribution in [0, 0.1) is 0 Å². The zero-order valence-corrected chi connectivity index (χ0v) is 18.4. The average Bonchev–Trinajstić information content (AvgIpc) is 3.41. The van der Waals surface area contributed by atoms with Crippen molar-refractivity contribution in [2.45, 2.75) is 33.0 Å². The molecule has 5 rings (SSSR count). The molecule has 4 aromatic rings. The summed E-state index contributed by atoms with van der Waals surface area (Å²) in [5, 5.41) is 3.29. The summed E-state index contributed by atoms with van der Waals surface area (Å²) < 4.78 is 7.72. The summed E-state index contributed by atoms with van der Waals surface area (Å²) in [5.74, 6) is -0.255. The molecule has 0 fully saturated rings. The van der Waals surface area contributed by atoms with Gasteiger partial charge >= 0.3 is 5.97 Å². The number of benzene rings is 1. The first kappa shape index (κ1) is 20.0. The maximum Gasteiger partial charge on any atom is 0.340 e. The van der Waals surface area contributed by atoms with Crippen LogP contribution in [-0.2, 0) is 30.8 Å². The SMILES string of the molecule is CCOC(=O)c1cccc2c3c(n(Cc4ccncc4)c12)CCN(Cc1cccs1)C3. The summed E-state index contributed by atoms with van der Waals surface area (Å²) in [4.78, 5) is 20.8. The van der Waals surface area contributed by atoms with Crippen LogP contribution < -0.4 is 0 Å². The number of esters is 1. The molecule has 4 heterocycles. The first-order chi connectivity index (χ1) is 15.2. The van der Waals surface area contributed by atoms with E-state index >= 15 is 0 Å². The third-order valence-electron chi connectivity index (χ3n) is 5.90. The number of ether oxygens (including phenoxy) is 1. The van der Waals surface area contributed by atoms with Gasteiger partial charge in [-0.3, -0.25) is 9.88 Å². The van der Waals surface area contributed by atoms with E-state index < -0.39 is 0 Å². The van der Waals surface area contributed by atoms with Crippen LogP contribution in [0.3, 0.4) is 0 Å². The van der Waals surface area contributed by atoms with Gasteiger partial charge in [-0.25, -0.2) is 4.79 Å². The van der Waals surface area contributed by atoms with E-state index in [-0.39, 0.29) is 5.97 Å². The van der Waals surface area contributed by atoms with Crippen molar-refractivity contribution in [1.29, 1.82) is 0 Å². The quantitative estimate of drug-likeness (QED) is 0.408. The minimum absolute atomic E-state index is 0.255. The van der Waals surface area contributed by atoms with Crippen molar-refractivity contribution in [3.63, 3.8) is 0 Å². The largest absolute Gasteiger partial charge is 0.462 e. The molecule has 0 unspecified atom stereocenters. The van der Waals surface area contributed by atoms with Gasteiger partial charge in [0.1, 0.15) is 0 Å². The number of rotatable bonds is 6. The standard InChI is InChI=1S/C25H25N3O2S/c1-2-30-25(29)21-7-3-6-20-22-17-27(16-19-5-4-14-31-19)13-10-23(22)28(24(20)21)15-18-8-11-26-12-9-18/h3-9,11-12,14H,2,10,13,15-17H2,1H3. The summed E-state index contributed by atoms with van der Waals surface area (Å²) in [6.07, 6.45) is 4.60. The molecule has 0 amide bonds. The van der Waals surface area contributed by atoms with Crippen molar-refractivity contribution >= 4 is 28.2 Å². The molecule has 0 radical (unpaired) electrons. The molecule has 1 aromatic carbocycles. The number of hydrogen-bond acceptors (Lipinski definition) is 5. The number of para-hydroxylation sites is 1. The van der Waals surface area contributed by atoms with Crippen LogP contribution >= 0.6 is 11.3 Å². The van der Waals surface area contributed by atoms with Crippen LogP contribution in [0.2, 0.25) is 0 Å². The summed E-state index contributed by atoms with van der Waals surface area (Å²) in [5.41, 5.74) is 5.46. The number of carbonyl (C=O) groups is 1. The molecule has 0 bridgehead atoms. The summed E-state index contributed by atoms with van der Waals surface area (Å²) in [7, 11) is 0. The van der Waals surface area contributed by atoms with E-state index in [4.69, 9.17) is 4.74 Å². The van der Waals surface area contributed by atoms with Gasteiger partial charge in [0.15, 0.2) is 0 Å². The van der Waals surface area contributed by atoms with Crippen LogP contribution in [0.5, 0.6) is 0 Å². The first-order valence-corrected chi connectivity index (χ1v) is 11.6. The number of nitrogens with zero attached hydrogens (tertiary/aromatic N) is 3. The van der Waals surface area contributed by atoms with Crippen molar-refractivity contribution in [3.05, 3.63) is 87.5 Å². The lowest BCUT2D eigenvalue weighted by Crippen LogP contribution is -2.30. The van der Waals surface area contributed by atoms with Gasteiger partial charge in [0.2, 0.25) is 0 Å². The number of carbonyl (C=O) groups excluding carboxylic acids is 1. The number of hydrogen-bond donors (Lipinski definition) is 0. The highest BCUT2D eigenvalue weighted by Crippen LogP contribution is 2.34. The summed E-state index contributed by atoms with van der Waals surface area (Å²) in [6, 6.07) is 14.4. The second-order valence-corrected chi connectivity index (χ2v) is 8.86. The van der Waals surface area contributed by atoms with Crippen LogP contribution in [0.25, 0.3) is 10.9 Å². The molecule has 0 saturated heterocycles. The third-order valence-corrected chi connectivity index (χ3v) is 6.76. The second kappa shape index (κ2) is 8.65. The number of fused-ring (bicyclic) bond motifs is 3. The van der Waals surface area contributed by atoms with Gasteiger partial charge in [-0.05, 0) is 47.7 Å². The zero-order valence-electron chi connectivity index (χ0n) is 17.6. The predicted molar refractivity (Wildman–Crippen MR) is 123 cm³/mol. The minimum Gasteiger partial charge on any atom is -0.462 e. The lowest BCUT2D eigenvalue weighted by Gasteiger charge is -2.27. The van der Waals surface area contributed by atoms with Gasteiger partial charge in [0, 0.05) is 61.0 Å². The molecule has 158 valence electrons. The van der Waals surface area contributed by atoms with Crippen molar-refractivity contribution < 1.29 is 9.53 Å². The molecule has 5 nitrogen and oxygen atoms in total. The van der Waals surface area contributed by atoms with Crippen molar-refractivity contribution in [3.8, 4) is 0 Å². The predicted octanol–water partition coefficient (Wildman–Crippen LogP) is 4.88. The lowest BCUT2D eigenvalue weighted by molar-refractivity contribution is 0.0528. The summed E-state index contributed by atoms with van der Waals surface area (Å²) in [6.45, 7) is 5.79. The van der Waals surface area contributed by atoms with E-state index in [0.717, 1.165) is 43.5 Å². The van der Waals surface area contributed by atoms with Crippen molar-refractivity contribution in [1.82, 2.24) is 14.5 Å². The molecule has 0 atom stereocenters. The molecular formula is C25H25N3O2S. The Morgan fingerprint density at radius 1 is 1.13 bits per heavy atom. The highest BCUT2D eigenvalue weighted by atomic mass is 32.1. The van der Waals surface area contributed by atoms with Crippen molar-refractivity contribution in [2.75, 3.05) is 13.2 Å². The molecule has 31 heavy (non-hydrogen) atoms. The molecule has 0 spiro atoms. The Morgan fingerprint density at radius 2 is 2.00 bits per heavy atom. The minimum atomic E-state index is -0.255. The number of thiophene rings is 1. The van der Waals surface area contributed by atoms with E-state index in [9.17, 15) is 4.79 Å².